The third-order valence-electron chi connectivity index (χ3n) is 6.99. The normalized spacial score (nSPS) is 17.5. The number of carbonyl (C=O) groups is 1. The van der Waals surface area contributed by atoms with Crippen molar-refractivity contribution in [2.24, 2.45) is 0 Å². The maximum absolute atomic E-state index is 11.3. The van der Waals surface area contributed by atoms with Gasteiger partial charge in [-0.05, 0) is 56.0 Å². The summed E-state index contributed by atoms with van der Waals surface area (Å²) in [6.45, 7) is 2.12. The van der Waals surface area contributed by atoms with E-state index in [9.17, 15) is 14.9 Å². The Morgan fingerprint density at radius 2 is 1.74 bits per heavy atom. The summed E-state index contributed by atoms with van der Waals surface area (Å²) in [5.41, 5.74) is 1.33. The highest BCUT2D eigenvalue weighted by molar-refractivity contribution is 5.93. The molecule has 2 heterocycles. The zero-order valence-corrected chi connectivity index (χ0v) is 19.3. The van der Waals surface area contributed by atoms with E-state index < -0.39 is 10.9 Å². The average Bonchev–Trinajstić information content (AvgIpc) is 3.40. The van der Waals surface area contributed by atoms with Crippen LogP contribution in [-0.4, -0.2) is 56.0 Å². The van der Waals surface area contributed by atoms with Crippen LogP contribution in [0.25, 0.3) is 10.9 Å². The van der Waals surface area contributed by atoms with E-state index in [0.29, 0.717) is 28.4 Å². The van der Waals surface area contributed by atoms with Crippen molar-refractivity contribution >= 4 is 40.0 Å². The molecule has 10 nitrogen and oxygen atoms in total. The number of nitro benzene ring substituents is 1. The number of non-ortho nitro benzene ring substituents is 1. The number of nitrogens with one attached hydrogen (secondary N) is 2. The largest absolute Gasteiger partial charge is 0.478 e. The molecule has 2 aromatic carbocycles. The highest BCUT2D eigenvalue weighted by Gasteiger charge is 2.27. The Bertz CT molecular complexity index is 1230. The number of likely N-dealkylation sites (tertiary alicyclic amines) is 1. The lowest BCUT2D eigenvalue weighted by atomic mass is 10.0. The van der Waals surface area contributed by atoms with Crippen LogP contribution in [0, 0.1) is 10.1 Å². The molecule has 0 atom stereocenters. The van der Waals surface area contributed by atoms with Gasteiger partial charge in [0, 0.05) is 48.4 Å². The number of fused-ring (bicyclic) bond motifs is 1. The molecule has 182 valence electrons. The van der Waals surface area contributed by atoms with E-state index in [4.69, 9.17) is 5.11 Å². The molecule has 0 spiro atoms. The monoisotopic (exact) mass is 476 g/mol. The highest BCUT2D eigenvalue weighted by Crippen LogP contribution is 2.30. The number of aromatic nitrogens is 2. The van der Waals surface area contributed by atoms with Crippen LogP contribution in [0.5, 0.6) is 0 Å². The topological polar surface area (TPSA) is 134 Å². The quantitative estimate of drug-likeness (QED) is 0.325. The summed E-state index contributed by atoms with van der Waals surface area (Å²) in [6.07, 6.45) is 7.30. The van der Waals surface area contributed by atoms with Crippen LogP contribution in [0.4, 0.5) is 23.1 Å². The molecule has 10 heteroatoms. The third kappa shape index (κ3) is 5.17. The fourth-order valence-electron chi connectivity index (χ4n) is 5.08. The molecule has 3 aromatic rings. The van der Waals surface area contributed by atoms with Crippen molar-refractivity contribution in [2.45, 2.75) is 50.6 Å². The average molecular weight is 477 g/mol. The molecule has 1 aliphatic heterocycles. The second-order valence-electron chi connectivity index (χ2n) is 9.25. The van der Waals surface area contributed by atoms with E-state index in [1.165, 1.54) is 49.9 Å². The minimum atomic E-state index is -1.01. The molecule has 1 saturated heterocycles. The van der Waals surface area contributed by atoms with E-state index in [-0.39, 0.29) is 17.3 Å². The van der Waals surface area contributed by atoms with E-state index in [2.05, 4.69) is 25.5 Å². The first-order valence-corrected chi connectivity index (χ1v) is 12.0. The van der Waals surface area contributed by atoms with Gasteiger partial charge in [0.1, 0.15) is 5.82 Å². The van der Waals surface area contributed by atoms with Gasteiger partial charge in [-0.3, -0.25) is 10.1 Å². The first-order valence-electron chi connectivity index (χ1n) is 12.0. The molecule has 0 unspecified atom stereocenters. The van der Waals surface area contributed by atoms with Crippen LogP contribution < -0.4 is 10.6 Å². The molecule has 3 N–H and O–H groups in total. The Hall–Kier alpha value is -3.79. The van der Waals surface area contributed by atoms with Crippen LogP contribution in [-0.2, 0) is 0 Å². The van der Waals surface area contributed by atoms with Gasteiger partial charge in [0.15, 0.2) is 0 Å². The summed E-state index contributed by atoms with van der Waals surface area (Å²) in [6, 6.07) is 11.8. The Kier molecular flexibility index (Phi) is 6.45. The lowest BCUT2D eigenvalue weighted by Gasteiger charge is -2.36. The van der Waals surface area contributed by atoms with Gasteiger partial charge >= 0.3 is 5.97 Å². The van der Waals surface area contributed by atoms with Gasteiger partial charge in [-0.25, -0.2) is 9.78 Å². The van der Waals surface area contributed by atoms with Crippen molar-refractivity contribution in [1.82, 2.24) is 14.9 Å². The predicted octanol–water partition coefficient (Wildman–Crippen LogP) is 4.80. The smallest absolute Gasteiger partial charge is 0.335 e. The molecular formula is C25H28N6O4. The van der Waals surface area contributed by atoms with Gasteiger partial charge < -0.3 is 20.6 Å². The Labute approximate surface area is 202 Å². The number of aromatic carboxylic acids is 1. The number of carboxylic acid groups (broad SMARTS) is 1. The van der Waals surface area contributed by atoms with E-state index >= 15 is 0 Å². The summed E-state index contributed by atoms with van der Waals surface area (Å²) >= 11 is 0. The second kappa shape index (κ2) is 9.83. The minimum Gasteiger partial charge on any atom is -0.478 e. The summed E-state index contributed by atoms with van der Waals surface area (Å²) in [4.78, 5) is 33.9. The summed E-state index contributed by atoms with van der Waals surface area (Å²) < 4.78 is 0. The number of hydrogen-bond donors (Lipinski definition) is 3. The molecule has 0 amide bonds. The van der Waals surface area contributed by atoms with Crippen molar-refractivity contribution in [3.05, 3.63) is 58.1 Å². The molecule has 0 bridgehead atoms. The Morgan fingerprint density at radius 1 is 1.03 bits per heavy atom. The van der Waals surface area contributed by atoms with Crippen molar-refractivity contribution in [3.63, 3.8) is 0 Å². The number of rotatable bonds is 7. The SMILES string of the molecule is O=C(O)c1ccc(Nc2nc(NC3CCN(C4CCCC4)CC3)nc3ccc([N+](=O)[O-])cc23)cc1. The van der Waals surface area contributed by atoms with E-state index in [1.54, 1.807) is 18.2 Å². The third-order valence-corrected chi connectivity index (χ3v) is 6.99. The lowest BCUT2D eigenvalue weighted by Crippen LogP contribution is -2.43. The fourth-order valence-corrected chi connectivity index (χ4v) is 5.08. The zero-order chi connectivity index (χ0) is 24.4. The maximum atomic E-state index is 11.3. The lowest BCUT2D eigenvalue weighted by molar-refractivity contribution is -0.384. The number of carboxylic acids is 1. The molecule has 2 fully saturated rings. The van der Waals surface area contributed by atoms with Crippen LogP contribution >= 0.6 is 0 Å². The number of benzene rings is 2. The van der Waals surface area contributed by atoms with Crippen molar-refractivity contribution < 1.29 is 14.8 Å². The first-order chi connectivity index (χ1) is 17.0. The zero-order valence-electron chi connectivity index (χ0n) is 19.3. The molecule has 1 aromatic heterocycles. The maximum Gasteiger partial charge on any atom is 0.335 e. The molecule has 1 aliphatic carbocycles. The van der Waals surface area contributed by atoms with Crippen LogP contribution in [0.2, 0.25) is 0 Å². The van der Waals surface area contributed by atoms with Gasteiger partial charge in [0.05, 0.1) is 16.0 Å². The summed E-state index contributed by atoms with van der Waals surface area (Å²) in [7, 11) is 0. The van der Waals surface area contributed by atoms with Crippen molar-refractivity contribution in [1.29, 1.82) is 0 Å². The van der Waals surface area contributed by atoms with Crippen LogP contribution in [0.3, 0.4) is 0 Å². The second-order valence-corrected chi connectivity index (χ2v) is 9.25. The van der Waals surface area contributed by atoms with Crippen molar-refractivity contribution in [3.8, 4) is 0 Å². The number of anilines is 3. The van der Waals surface area contributed by atoms with E-state index in [1.807, 2.05) is 0 Å². The fraction of sp³-hybridized carbons (Fsp3) is 0.400. The van der Waals surface area contributed by atoms with E-state index in [0.717, 1.165) is 32.0 Å². The van der Waals surface area contributed by atoms with Crippen LogP contribution in [0.15, 0.2) is 42.5 Å². The highest BCUT2D eigenvalue weighted by atomic mass is 16.6. The molecule has 35 heavy (non-hydrogen) atoms. The molecular weight excluding hydrogens is 448 g/mol. The summed E-state index contributed by atoms with van der Waals surface area (Å²) in [5.74, 6) is -0.117. The van der Waals surface area contributed by atoms with Gasteiger partial charge in [-0.2, -0.15) is 4.98 Å². The Balaban J connectivity index is 1.39. The number of piperidine rings is 1. The first kappa shape index (κ1) is 23.0. The molecule has 0 radical (unpaired) electrons. The van der Waals surface area contributed by atoms with Gasteiger partial charge in [-0.1, -0.05) is 12.8 Å². The number of nitro groups is 1. The number of nitrogens with zero attached hydrogens (tertiary/aromatic N) is 4. The minimum absolute atomic E-state index is 0.0506. The molecule has 5 rings (SSSR count). The molecule has 1 saturated carbocycles. The van der Waals surface area contributed by atoms with Gasteiger partial charge in [0.2, 0.25) is 5.95 Å². The predicted molar refractivity (Wildman–Crippen MR) is 133 cm³/mol. The van der Waals surface area contributed by atoms with Gasteiger partial charge in [0.25, 0.3) is 5.69 Å². The standard InChI is InChI=1S/C25H28N6O4/c32-24(33)16-5-7-17(8-6-16)26-23-21-15-20(31(34)35)9-10-22(21)28-25(29-23)27-18-11-13-30(14-12-18)19-3-1-2-4-19/h5-10,15,18-19H,1-4,11-14H2,(H,32,33)(H2,26,27,28,29). The Morgan fingerprint density at radius 3 is 2.40 bits per heavy atom. The van der Waals surface area contributed by atoms with Gasteiger partial charge in [-0.15, -0.1) is 0 Å². The van der Waals surface area contributed by atoms with Crippen LogP contribution in [0.1, 0.15) is 48.9 Å². The number of hydrogen-bond acceptors (Lipinski definition) is 8. The van der Waals surface area contributed by atoms with Crippen molar-refractivity contribution in [2.75, 3.05) is 23.7 Å². The summed E-state index contributed by atoms with van der Waals surface area (Å²) in [5, 5.41) is 27.7. The molecule has 2 aliphatic rings.